The minimum atomic E-state index is -3.46. The lowest BCUT2D eigenvalue weighted by Crippen LogP contribution is -2.41. The largest absolute Gasteiger partial charge is 0.325 e. The second-order valence-electron chi connectivity index (χ2n) is 7.66. The van der Waals surface area contributed by atoms with Gasteiger partial charge in [-0.2, -0.15) is 0 Å². The van der Waals surface area contributed by atoms with Gasteiger partial charge in [0.15, 0.2) is 0 Å². The molecule has 2 aliphatic rings. The first-order chi connectivity index (χ1) is 13.4. The standard InChI is InChI=1S/C20H25N3O3S2/c1-22(2)28(25,26)16-7-5-15(6-8-16)21-19(24)13-23-11-9-18-17(10-12-27-18)20(23)14-3-4-14/h5-8,10,12,14,20H,3-4,9,11,13H2,1-2H3,(H,21,24)/t20-/m1/s1. The van der Waals surface area contributed by atoms with Crippen molar-refractivity contribution in [3.8, 4) is 0 Å². The Labute approximate surface area is 170 Å². The molecule has 0 unspecified atom stereocenters. The van der Waals surface area contributed by atoms with Crippen molar-refractivity contribution in [1.82, 2.24) is 9.21 Å². The van der Waals surface area contributed by atoms with Crippen molar-refractivity contribution in [1.29, 1.82) is 0 Å². The van der Waals surface area contributed by atoms with Crippen LogP contribution in [0.3, 0.4) is 0 Å². The van der Waals surface area contributed by atoms with E-state index < -0.39 is 10.0 Å². The maximum Gasteiger partial charge on any atom is 0.242 e. The number of sulfonamides is 1. The molecular formula is C20H25N3O3S2. The maximum atomic E-state index is 12.6. The number of fused-ring (bicyclic) bond motifs is 1. The molecule has 28 heavy (non-hydrogen) atoms. The Morgan fingerprint density at radius 3 is 2.57 bits per heavy atom. The molecule has 2 heterocycles. The third-order valence-corrected chi connectivity index (χ3v) is 8.28. The normalized spacial score (nSPS) is 20.2. The number of thiophene rings is 1. The van der Waals surface area contributed by atoms with E-state index in [1.807, 2.05) is 11.3 Å². The summed E-state index contributed by atoms with van der Waals surface area (Å²) >= 11 is 1.82. The van der Waals surface area contributed by atoms with Crippen molar-refractivity contribution in [3.63, 3.8) is 0 Å². The van der Waals surface area contributed by atoms with E-state index in [1.165, 1.54) is 53.8 Å². The third kappa shape index (κ3) is 3.87. The zero-order valence-corrected chi connectivity index (χ0v) is 17.7. The molecule has 1 aliphatic carbocycles. The third-order valence-electron chi connectivity index (χ3n) is 5.45. The van der Waals surface area contributed by atoms with E-state index in [9.17, 15) is 13.2 Å². The predicted molar refractivity (Wildman–Crippen MR) is 111 cm³/mol. The summed E-state index contributed by atoms with van der Waals surface area (Å²) in [7, 11) is -0.467. The molecule has 0 radical (unpaired) electrons. The fraction of sp³-hybridized carbons (Fsp3) is 0.450. The second-order valence-corrected chi connectivity index (χ2v) is 10.8. The lowest BCUT2D eigenvalue weighted by atomic mass is 9.96. The topological polar surface area (TPSA) is 69.7 Å². The highest BCUT2D eigenvalue weighted by atomic mass is 32.2. The quantitative estimate of drug-likeness (QED) is 0.782. The van der Waals surface area contributed by atoms with E-state index in [-0.39, 0.29) is 10.8 Å². The minimum Gasteiger partial charge on any atom is -0.325 e. The van der Waals surface area contributed by atoms with Gasteiger partial charge in [0.1, 0.15) is 0 Å². The van der Waals surface area contributed by atoms with E-state index in [1.54, 1.807) is 12.1 Å². The first kappa shape index (κ1) is 19.6. The zero-order chi connectivity index (χ0) is 19.9. The molecule has 150 valence electrons. The molecule has 0 spiro atoms. The van der Waals surface area contributed by atoms with Crippen LogP contribution in [0, 0.1) is 5.92 Å². The van der Waals surface area contributed by atoms with Gasteiger partial charge in [0.25, 0.3) is 0 Å². The molecule has 6 nitrogen and oxygen atoms in total. The number of hydrogen-bond donors (Lipinski definition) is 1. The van der Waals surface area contributed by atoms with Gasteiger partial charge in [-0.1, -0.05) is 0 Å². The van der Waals surface area contributed by atoms with Gasteiger partial charge in [0.2, 0.25) is 15.9 Å². The number of hydrogen-bond acceptors (Lipinski definition) is 5. The van der Waals surface area contributed by atoms with E-state index in [2.05, 4.69) is 21.7 Å². The lowest BCUT2D eigenvalue weighted by Gasteiger charge is -2.35. The van der Waals surface area contributed by atoms with Crippen LogP contribution in [0.1, 0.15) is 29.3 Å². The van der Waals surface area contributed by atoms with Crippen molar-refractivity contribution in [2.75, 3.05) is 32.5 Å². The fourth-order valence-electron chi connectivity index (χ4n) is 3.85. The predicted octanol–water partition coefficient (Wildman–Crippen LogP) is 2.95. The average molecular weight is 420 g/mol. The number of anilines is 1. The highest BCUT2D eigenvalue weighted by Crippen LogP contribution is 2.48. The number of nitrogens with zero attached hydrogens (tertiary/aromatic N) is 2. The van der Waals surface area contributed by atoms with Gasteiger partial charge >= 0.3 is 0 Å². The molecule has 1 aromatic heterocycles. The monoisotopic (exact) mass is 419 g/mol. The van der Waals surface area contributed by atoms with Crippen molar-refractivity contribution >= 4 is 33.0 Å². The molecule has 8 heteroatoms. The van der Waals surface area contributed by atoms with Gasteiger partial charge in [0, 0.05) is 37.2 Å². The molecule has 0 saturated heterocycles. The summed E-state index contributed by atoms with van der Waals surface area (Å²) in [6.45, 7) is 1.26. The molecule has 1 N–H and O–H groups in total. The van der Waals surface area contributed by atoms with Crippen molar-refractivity contribution in [2.24, 2.45) is 5.92 Å². The molecule has 4 rings (SSSR count). The Morgan fingerprint density at radius 1 is 1.21 bits per heavy atom. The molecular weight excluding hydrogens is 394 g/mol. The Kier molecular flexibility index (Phi) is 5.30. The van der Waals surface area contributed by atoms with Gasteiger partial charge in [-0.3, -0.25) is 9.69 Å². The summed E-state index contributed by atoms with van der Waals surface area (Å²) in [5, 5.41) is 5.07. The molecule has 1 saturated carbocycles. The van der Waals surface area contributed by atoms with Gasteiger partial charge in [0.05, 0.1) is 11.4 Å². The Bertz CT molecular complexity index is 963. The summed E-state index contributed by atoms with van der Waals surface area (Å²) in [6, 6.07) is 8.90. The summed E-state index contributed by atoms with van der Waals surface area (Å²) in [4.78, 5) is 16.6. The van der Waals surface area contributed by atoms with Crippen LogP contribution >= 0.6 is 11.3 Å². The van der Waals surface area contributed by atoms with Crippen LogP contribution in [0.2, 0.25) is 0 Å². The van der Waals surface area contributed by atoms with Crippen molar-refractivity contribution in [2.45, 2.75) is 30.2 Å². The highest BCUT2D eigenvalue weighted by Gasteiger charge is 2.40. The van der Waals surface area contributed by atoms with Crippen LogP contribution < -0.4 is 5.32 Å². The Morgan fingerprint density at radius 2 is 1.93 bits per heavy atom. The summed E-state index contributed by atoms with van der Waals surface area (Å²) in [6.07, 6.45) is 3.47. The Balaban J connectivity index is 1.42. The molecule has 1 aromatic carbocycles. The number of carbonyl (C=O) groups is 1. The van der Waals surface area contributed by atoms with Crippen LogP contribution in [0.5, 0.6) is 0 Å². The van der Waals surface area contributed by atoms with Crippen LogP contribution in [0.25, 0.3) is 0 Å². The zero-order valence-electron chi connectivity index (χ0n) is 16.1. The van der Waals surface area contributed by atoms with Gasteiger partial charge < -0.3 is 5.32 Å². The second kappa shape index (κ2) is 7.59. The van der Waals surface area contributed by atoms with Gasteiger partial charge in [-0.25, -0.2) is 12.7 Å². The maximum absolute atomic E-state index is 12.6. The van der Waals surface area contributed by atoms with E-state index in [0.29, 0.717) is 24.2 Å². The van der Waals surface area contributed by atoms with Crippen molar-refractivity contribution < 1.29 is 13.2 Å². The summed E-state index contributed by atoms with van der Waals surface area (Å²) < 4.78 is 25.5. The van der Waals surface area contributed by atoms with Crippen LogP contribution in [0.15, 0.2) is 40.6 Å². The first-order valence-corrected chi connectivity index (χ1v) is 11.8. The smallest absolute Gasteiger partial charge is 0.242 e. The van der Waals surface area contributed by atoms with E-state index in [4.69, 9.17) is 0 Å². The van der Waals surface area contributed by atoms with Crippen LogP contribution in [-0.2, 0) is 21.2 Å². The first-order valence-electron chi connectivity index (χ1n) is 9.49. The van der Waals surface area contributed by atoms with E-state index in [0.717, 1.165) is 13.0 Å². The summed E-state index contributed by atoms with van der Waals surface area (Å²) in [5.41, 5.74) is 2.02. The van der Waals surface area contributed by atoms with Gasteiger partial charge in [-0.15, -0.1) is 11.3 Å². The minimum absolute atomic E-state index is 0.0625. The number of amides is 1. The lowest BCUT2D eigenvalue weighted by molar-refractivity contribution is -0.118. The average Bonchev–Trinajstić information content (AvgIpc) is 3.38. The molecule has 0 bridgehead atoms. The fourth-order valence-corrected chi connectivity index (χ4v) is 5.66. The summed E-state index contributed by atoms with van der Waals surface area (Å²) in [5.74, 6) is 0.601. The molecule has 1 amide bonds. The van der Waals surface area contributed by atoms with Crippen molar-refractivity contribution in [3.05, 3.63) is 46.2 Å². The Hall–Kier alpha value is -1.74. The number of rotatable bonds is 6. The molecule has 2 aromatic rings. The van der Waals surface area contributed by atoms with Crippen LogP contribution in [-0.4, -0.2) is 50.7 Å². The number of nitrogens with one attached hydrogen (secondary N) is 1. The van der Waals surface area contributed by atoms with Gasteiger partial charge in [-0.05, 0) is 66.5 Å². The highest BCUT2D eigenvalue weighted by molar-refractivity contribution is 7.89. The number of carbonyl (C=O) groups excluding carboxylic acids is 1. The molecule has 1 aliphatic heterocycles. The van der Waals surface area contributed by atoms with E-state index >= 15 is 0 Å². The van der Waals surface area contributed by atoms with Crippen LogP contribution in [0.4, 0.5) is 5.69 Å². The SMILES string of the molecule is CN(C)S(=O)(=O)c1ccc(NC(=O)CN2CCc3sccc3[C@H]2C2CC2)cc1. The number of benzene rings is 1. The molecule has 1 atom stereocenters. The molecule has 1 fully saturated rings.